The minimum atomic E-state index is 0.419. The van der Waals surface area contributed by atoms with Gasteiger partial charge in [-0.15, -0.1) is 0 Å². The highest BCUT2D eigenvalue weighted by molar-refractivity contribution is 9.10. The fourth-order valence-electron chi connectivity index (χ4n) is 1.77. The lowest BCUT2D eigenvalue weighted by Crippen LogP contribution is -2.11. The van der Waals surface area contributed by atoms with Crippen LogP contribution in [0.2, 0.25) is 0 Å². The summed E-state index contributed by atoms with van der Waals surface area (Å²) in [5.74, 6) is 1.86. The maximum Gasteiger partial charge on any atom is 0.132 e. The number of rotatable bonds is 4. The van der Waals surface area contributed by atoms with E-state index >= 15 is 0 Å². The van der Waals surface area contributed by atoms with Gasteiger partial charge in [0.1, 0.15) is 16.2 Å². The summed E-state index contributed by atoms with van der Waals surface area (Å²) in [6.07, 6.45) is 3.23. The van der Waals surface area contributed by atoms with E-state index in [0.717, 1.165) is 29.1 Å². The molecule has 0 radical (unpaired) electrons. The predicted molar refractivity (Wildman–Crippen MR) is 69.5 cm³/mol. The first-order chi connectivity index (χ1) is 7.51. The van der Waals surface area contributed by atoms with Gasteiger partial charge < -0.3 is 5.32 Å². The Hall–Kier alpha value is -0.640. The smallest absolute Gasteiger partial charge is 0.132 e. The summed E-state index contributed by atoms with van der Waals surface area (Å²) in [6.45, 7) is 6.68. The Morgan fingerprint density at radius 1 is 1.50 bits per heavy atom. The molecule has 0 aromatic carbocycles. The molecule has 1 aliphatic rings. The van der Waals surface area contributed by atoms with E-state index in [4.69, 9.17) is 0 Å². The molecule has 0 saturated heterocycles. The van der Waals surface area contributed by atoms with Crippen molar-refractivity contribution < 1.29 is 0 Å². The highest BCUT2D eigenvalue weighted by Gasteiger charge is 2.45. The number of anilines is 1. The van der Waals surface area contributed by atoms with Crippen molar-refractivity contribution in [3.05, 3.63) is 16.5 Å². The highest BCUT2D eigenvalue weighted by atomic mass is 79.9. The molecule has 4 heteroatoms. The molecule has 0 amide bonds. The molecule has 1 aromatic heterocycles. The average Bonchev–Trinajstić information content (AvgIpc) is 2.72. The zero-order chi connectivity index (χ0) is 11.8. The van der Waals surface area contributed by atoms with Crippen LogP contribution in [0.15, 0.2) is 10.7 Å². The number of aryl methyl sites for hydroxylation is 1. The van der Waals surface area contributed by atoms with Crippen molar-refractivity contribution in [2.24, 2.45) is 5.41 Å². The Balaban J connectivity index is 2.09. The van der Waals surface area contributed by atoms with Crippen molar-refractivity contribution in [2.45, 2.75) is 46.1 Å². The van der Waals surface area contributed by atoms with Crippen LogP contribution in [0.25, 0.3) is 0 Å². The van der Waals surface area contributed by atoms with Crippen molar-refractivity contribution in [3.8, 4) is 0 Å². The molecule has 2 rings (SSSR count). The third kappa shape index (κ3) is 2.73. The third-order valence-corrected chi connectivity index (χ3v) is 3.46. The summed E-state index contributed by atoms with van der Waals surface area (Å²) in [7, 11) is 0. The van der Waals surface area contributed by atoms with Crippen LogP contribution in [0, 0.1) is 5.41 Å². The lowest BCUT2D eigenvalue weighted by molar-refractivity contribution is 0.629. The van der Waals surface area contributed by atoms with E-state index in [9.17, 15) is 0 Å². The molecule has 0 bridgehead atoms. The zero-order valence-corrected chi connectivity index (χ0v) is 11.6. The van der Waals surface area contributed by atoms with Gasteiger partial charge in [0.2, 0.25) is 0 Å². The molecule has 1 unspecified atom stereocenters. The largest absolute Gasteiger partial charge is 0.367 e. The second kappa shape index (κ2) is 4.32. The molecule has 1 heterocycles. The van der Waals surface area contributed by atoms with Gasteiger partial charge in [-0.05, 0) is 34.2 Å². The van der Waals surface area contributed by atoms with Crippen LogP contribution in [0.1, 0.15) is 39.4 Å². The van der Waals surface area contributed by atoms with E-state index in [2.05, 4.69) is 52.0 Å². The van der Waals surface area contributed by atoms with Gasteiger partial charge in [-0.3, -0.25) is 0 Å². The summed E-state index contributed by atoms with van der Waals surface area (Å²) >= 11 is 3.43. The van der Waals surface area contributed by atoms with Crippen molar-refractivity contribution in [1.29, 1.82) is 0 Å². The molecule has 1 aromatic rings. The minimum absolute atomic E-state index is 0.419. The Bertz CT molecular complexity index is 390. The van der Waals surface area contributed by atoms with E-state index in [0.29, 0.717) is 11.5 Å². The van der Waals surface area contributed by atoms with Crippen molar-refractivity contribution >= 4 is 21.7 Å². The Labute approximate surface area is 105 Å². The molecule has 0 spiro atoms. The lowest BCUT2D eigenvalue weighted by Gasteiger charge is -2.09. The van der Waals surface area contributed by atoms with Crippen LogP contribution < -0.4 is 5.32 Å². The quantitative estimate of drug-likeness (QED) is 0.861. The van der Waals surface area contributed by atoms with Crippen LogP contribution in [0.4, 0.5) is 5.82 Å². The Kier molecular flexibility index (Phi) is 3.19. The summed E-state index contributed by atoms with van der Waals surface area (Å²) in [4.78, 5) is 8.87. The molecular formula is C12H18BrN3. The summed E-state index contributed by atoms with van der Waals surface area (Å²) in [5.41, 5.74) is 0.419. The fraction of sp³-hybridized carbons (Fsp3) is 0.667. The first-order valence-electron chi connectivity index (χ1n) is 5.81. The third-order valence-electron chi connectivity index (χ3n) is 3.05. The topological polar surface area (TPSA) is 37.8 Å². The van der Waals surface area contributed by atoms with Crippen LogP contribution >= 0.6 is 15.9 Å². The molecule has 3 nitrogen and oxygen atoms in total. The maximum absolute atomic E-state index is 4.52. The lowest BCUT2D eigenvalue weighted by atomic mass is 10.2. The number of nitrogens with one attached hydrogen (secondary N) is 1. The van der Waals surface area contributed by atoms with E-state index in [1.807, 2.05) is 6.07 Å². The van der Waals surface area contributed by atoms with E-state index in [1.54, 1.807) is 0 Å². The number of hydrogen-bond acceptors (Lipinski definition) is 3. The first kappa shape index (κ1) is 11.8. The molecule has 1 fully saturated rings. The monoisotopic (exact) mass is 283 g/mol. The molecule has 1 N–H and O–H groups in total. The van der Waals surface area contributed by atoms with E-state index in [1.165, 1.54) is 6.42 Å². The van der Waals surface area contributed by atoms with Gasteiger partial charge in [-0.25, -0.2) is 9.97 Å². The second-order valence-corrected chi connectivity index (χ2v) is 5.94. The second-order valence-electron chi connectivity index (χ2n) is 5.13. The molecular weight excluding hydrogens is 266 g/mol. The van der Waals surface area contributed by atoms with Gasteiger partial charge >= 0.3 is 0 Å². The van der Waals surface area contributed by atoms with Gasteiger partial charge in [0, 0.05) is 18.5 Å². The van der Waals surface area contributed by atoms with Gasteiger partial charge in [-0.2, -0.15) is 0 Å². The highest BCUT2D eigenvalue weighted by Crippen LogP contribution is 2.46. The summed E-state index contributed by atoms with van der Waals surface area (Å²) in [6, 6.07) is 2.51. The van der Waals surface area contributed by atoms with Crippen LogP contribution in [0.5, 0.6) is 0 Å². The molecule has 1 atom stereocenters. The molecule has 1 saturated carbocycles. The van der Waals surface area contributed by atoms with Gasteiger partial charge in [0.25, 0.3) is 0 Å². The van der Waals surface area contributed by atoms with Crippen LogP contribution in [0.3, 0.4) is 0 Å². The summed E-state index contributed by atoms with van der Waals surface area (Å²) < 4.78 is 0.868. The Morgan fingerprint density at radius 2 is 2.19 bits per heavy atom. The number of hydrogen-bond donors (Lipinski definition) is 1. The van der Waals surface area contributed by atoms with Crippen LogP contribution in [-0.2, 0) is 6.42 Å². The number of aromatic nitrogens is 2. The average molecular weight is 284 g/mol. The van der Waals surface area contributed by atoms with Gasteiger partial charge in [-0.1, -0.05) is 20.8 Å². The predicted octanol–water partition coefficient (Wildman–Crippen LogP) is 3.40. The van der Waals surface area contributed by atoms with Crippen LogP contribution in [-0.4, -0.2) is 16.0 Å². The van der Waals surface area contributed by atoms with E-state index < -0.39 is 0 Å². The van der Waals surface area contributed by atoms with Gasteiger partial charge in [0.05, 0.1) is 0 Å². The fourth-order valence-corrected chi connectivity index (χ4v) is 2.19. The molecule has 16 heavy (non-hydrogen) atoms. The summed E-state index contributed by atoms with van der Waals surface area (Å²) in [5, 5.41) is 3.46. The Morgan fingerprint density at radius 3 is 2.75 bits per heavy atom. The van der Waals surface area contributed by atoms with Crippen molar-refractivity contribution in [2.75, 3.05) is 5.32 Å². The van der Waals surface area contributed by atoms with Crippen molar-refractivity contribution in [1.82, 2.24) is 9.97 Å². The first-order valence-corrected chi connectivity index (χ1v) is 6.60. The molecule has 0 aliphatic heterocycles. The van der Waals surface area contributed by atoms with Crippen molar-refractivity contribution in [3.63, 3.8) is 0 Å². The zero-order valence-electron chi connectivity index (χ0n) is 10.0. The normalized spacial score (nSPS) is 21.9. The number of nitrogens with zero attached hydrogens (tertiary/aromatic N) is 2. The van der Waals surface area contributed by atoms with Gasteiger partial charge in [0.15, 0.2) is 0 Å². The molecule has 88 valence electrons. The maximum atomic E-state index is 4.52. The standard InChI is InChI=1S/C12H18BrN3/c1-4-5-10-15-9(13)6-11(16-10)14-8-7-12(8,2)3/h6,8H,4-5,7H2,1-3H3,(H,14,15,16). The minimum Gasteiger partial charge on any atom is -0.367 e. The molecule has 1 aliphatic carbocycles. The van der Waals surface area contributed by atoms with E-state index in [-0.39, 0.29) is 0 Å². The SMILES string of the molecule is CCCc1nc(Br)cc(NC2CC2(C)C)n1. The number of halogens is 1.